The fraction of sp³-hybridized carbons (Fsp3) is 0.0192. The number of nitrogens with zero attached hydrogens (tertiary/aromatic N) is 3. The summed E-state index contributed by atoms with van der Waals surface area (Å²) in [5.41, 5.74) is 10.8. The van der Waals surface area contributed by atoms with E-state index in [4.69, 9.17) is 19.7 Å². The quantitative estimate of drug-likeness (QED) is 0.164. The number of benzene rings is 8. The number of fused-ring (bicyclic) bond motifs is 3. The Morgan fingerprint density at radius 3 is 1.39 bits per heavy atom. The summed E-state index contributed by atoms with van der Waals surface area (Å²) < 4.78 is 21.4. The van der Waals surface area contributed by atoms with Gasteiger partial charge in [0.2, 0.25) is 0 Å². The van der Waals surface area contributed by atoms with Crippen LogP contribution < -0.4 is 4.74 Å². The summed E-state index contributed by atoms with van der Waals surface area (Å²) in [7, 11) is 0. The van der Waals surface area contributed by atoms with Crippen molar-refractivity contribution in [3.05, 3.63) is 229 Å². The number of halogens is 1. The Morgan fingerprint density at radius 1 is 0.351 bits per heavy atom. The van der Waals surface area contributed by atoms with Crippen molar-refractivity contribution < 1.29 is 9.13 Å². The van der Waals surface area contributed by atoms with Crippen LogP contribution in [0.5, 0.6) is 5.75 Å². The lowest BCUT2D eigenvalue weighted by Gasteiger charge is -2.41. The van der Waals surface area contributed by atoms with Crippen molar-refractivity contribution in [2.75, 3.05) is 0 Å². The first-order valence-corrected chi connectivity index (χ1v) is 19.0. The topological polar surface area (TPSA) is 47.9 Å². The molecule has 0 N–H and O–H groups in total. The number of rotatable bonds is 7. The molecule has 57 heavy (non-hydrogen) atoms. The van der Waals surface area contributed by atoms with Gasteiger partial charge in [-0.05, 0) is 88.5 Å². The summed E-state index contributed by atoms with van der Waals surface area (Å²) in [5, 5.41) is 0. The number of hydrogen-bond acceptors (Lipinski definition) is 4. The lowest BCUT2D eigenvalue weighted by Crippen LogP contribution is -2.38. The monoisotopic (exact) mass is 735 g/mol. The Hall–Kier alpha value is -7.50. The average Bonchev–Trinajstić information content (AvgIpc) is 3.29. The van der Waals surface area contributed by atoms with E-state index >= 15 is 0 Å². The Morgan fingerprint density at radius 2 is 0.807 bits per heavy atom. The van der Waals surface area contributed by atoms with Crippen LogP contribution in [0.1, 0.15) is 16.7 Å². The van der Waals surface area contributed by atoms with E-state index in [1.807, 2.05) is 60.7 Å². The van der Waals surface area contributed by atoms with Crippen LogP contribution in [-0.2, 0) is 5.60 Å². The first-order chi connectivity index (χ1) is 28.1. The molecule has 4 nitrogen and oxygen atoms in total. The minimum atomic E-state index is -0.871. The van der Waals surface area contributed by atoms with Gasteiger partial charge in [0.1, 0.15) is 11.6 Å². The standard InChI is InChI=1S/C52H34FN3O/c53-44-28-25-37(26-29-44)49-54-50(56-51(55-49)41-32-39(35-15-5-1-6-16-35)31-40(33-41)36-17-7-2-8-18-36)38-27-30-48-46(34-38)45-23-13-14-24-47(45)52(57-48,42-19-9-3-10-20-42)43-21-11-4-12-22-43/h1-34H. The zero-order chi connectivity index (χ0) is 38.2. The van der Waals surface area contributed by atoms with Crippen LogP contribution in [-0.4, -0.2) is 15.0 Å². The van der Waals surface area contributed by atoms with Gasteiger partial charge in [0.25, 0.3) is 0 Å². The minimum absolute atomic E-state index is 0.327. The van der Waals surface area contributed by atoms with Gasteiger partial charge in [-0.1, -0.05) is 146 Å². The second-order valence-electron chi connectivity index (χ2n) is 14.1. The van der Waals surface area contributed by atoms with Gasteiger partial charge >= 0.3 is 0 Å². The molecular formula is C52H34FN3O. The van der Waals surface area contributed by atoms with Gasteiger partial charge < -0.3 is 4.74 Å². The fourth-order valence-corrected chi connectivity index (χ4v) is 7.87. The zero-order valence-corrected chi connectivity index (χ0v) is 30.8. The smallest absolute Gasteiger partial charge is 0.185 e. The van der Waals surface area contributed by atoms with Gasteiger partial charge in [0.15, 0.2) is 23.1 Å². The summed E-state index contributed by atoms with van der Waals surface area (Å²) in [6.07, 6.45) is 0. The normalized spacial score (nSPS) is 12.6. The molecule has 2 heterocycles. The number of ether oxygens (including phenoxy) is 1. The van der Waals surface area contributed by atoms with Crippen molar-refractivity contribution in [1.82, 2.24) is 15.0 Å². The van der Waals surface area contributed by atoms with Crippen LogP contribution in [0.15, 0.2) is 206 Å². The molecule has 0 saturated heterocycles. The van der Waals surface area contributed by atoms with Gasteiger partial charge in [-0.15, -0.1) is 0 Å². The Bertz CT molecular complexity index is 2770. The molecule has 0 amide bonds. The van der Waals surface area contributed by atoms with Crippen LogP contribution >= 0.6 is 0 Å². The third-order valence-corrected chi connectivity index (χ3v) is 10.6. The largest absolute Gasteiger partial charge is 0.472 e. The van der Waals surface area contributed by atoms with Gasteiger partial charge in [-0.3, -0.25) is 0 Å². The molecule has 0 saturated carbocycles. The molecular weight excluding hydrogens is 702 g/mol. The number of hydrogen-bond donors (Lipinski definition) is 0. The molecule has 0 bridgehead atoms. The molecule has 1 aromatic heterocycles. The van der Waals surface area contributed by atoms with Crippen LogP contribution in [0.25, 0.3) is 67.5 Å². The lowest BCUT2D eigenvalue weighted by atomic mass is 9.75. The lowest BCUT2D eigenvalue weighted by molar-refractivity contribution is 0.152. The van der Waals surface area contributed by atoms with E-state index in [0.29, 0.717) is 23.0 Å². The maximum absolute atomic E-state index is 14.2. The molecule has 0 fully saturated rings. The van der Waals surface area contributed by atoms with E-state index in [2.05, 4.69) is 121 Å². The molecule has 0 atom stereocenters. The highest BCUT2D eigenvalue weighted by atomic mass is 19.1. The summed E-state index contributed by atoms with van der Waals surface area (Å²) in [4.78, 5) is 15.3. The first kappa shape index (κ1) is 34.0. The maximum atomic E-state index is 14.2. The van der Waals surface area contributed by atoms with Crippen molar-refractivity contribution in [3.8, 4) is 73.3 Å². The van der Waals surface area contributed by atoms with Crippen molar-refractivity contribution in [1.29, 1.82) is 0 Å². The Balaban J connectivity index is 1.16. The fourth-order valence-electron chi connectivity index (χ4n) is 7.87. The van der Waals surface area contributed by atoms with E-state index in [9.17, 15) is 4.39 Å². The van der Waals surface area contributed by atoms with Gasteiger partial charge in [0.05, 0.1) is 0 Å². The molecule has 10 rings (SSSR count). The van der Waals surface area contributed by atoms with Gasteiger partial charge in [-0.25, -0.2) is 19.3 Å². The average molecular weight is 736 g/mol. The second-order valence-corrected chi connectivity index (χ2v) is 14.1. The summed E-state index contributed by atoms with van der Waals surface area (Å²) >= 11 is 0. The molecule has 9 aromatic rings. The van der Waals surface area contributed by atoms with Gasteiger partial charge in [0, 0.05) is 38.9 Å². The van der Waals surface area contributed by atoms with E-state index in [1.165, 1.54) is 12.1 Å². The highest BCUT2D eigenvalue weighted by molar-refractivity contribution is 5.84. The zero-order valence-electron chi connectivity index (χ0n) is 30.8. The predicted molar refractivity (Wildman–Crippen MR) is 226 cm³/mol. The van der Waals surface area contributed by atoms with Crippen molar-refractivity contribution in [3.63, 3.8) is 0 Å². The summed E-state index contributed by atoms with van der Waals surface area (Å²) in [6.45, 7) is 0. The second kappa shape index (κ2) is 14.3. The van der Waals surface area contributed by atoms with Crippen molar-refractivity contribution in [2.45, 2.75) is 5.60 Å². The predicted octanol–water partition coefficient (Wildman–Crippen LogP) is 12.7. The number of aromatic nitrogens is 3. The molecule has 0 aliphatic carbocycles. The van der Waals surface area contributed by atoms with Crippen molar-refractivity contribution >= 4 is 0 Å². The first-order valence-electron chi connectivity index (χ1n) is 19.0. The molecule has 0 radical (unpaired) electrons. The highest BCUT2D eigenvalue weighted by Gasteiger charge is 2.44. The molecule has 270 valence electrons. The molecule has 5 heteroatoms. The SMILES string of the molecule is Fc1ccc(-c2nc(-c3cc(-c4ccccc4)cc(-c4ccccc4)c3)nc(-c3ccc4c(c3)-c3ccccc3C(c3ccccc3)(c3ccccc3)O4)n2)cc1. The summed E-state index contributed by atoms with van der Waals surface area (Å²) in [5.74, 6) is 1.88. The third kappa shape index (κ3) is 6.25. The Labute approximate surface area is 330 Å². The minimum Gasteiger partial charge on any atom is -0.472 e. The van der Waals surface area contributed by atoms with Crippen molar-refractivity contribution in [2.24, 2.45) is 0 Å². The maximum Gasteiger partial charge on any atom is 0.185 e. The van der Waals surface area contributed by atoms with E-state index in [1.54, 1.807) is 12.1 Å². The summed E-state index contributed by atoms with van der Waals surface area (Å²) in [6, 6.07) is 68.7. The highest BCUT2D eigenvalue weighted by Crippen LogP contribution is 2.52. The molecule has 0 unspecified atom stereocenters. The molecule has 1 aliphatic heterocycles. The van der Waals surface area contributed by atoms with Gasteiger partial charge in [-0.2, -0.15) is 0 Å². The molecule has 1 aliphatic rings. The van der Waals surface area contributed by atoms with Crippen LogP contribution in [0.4, 0.5) is 4.39 Å². The molecule has 0 spiro atoms. The van der Waals surface area contributed by atoms with E-state index in [0.717, 1.165) is 66.9 Å². The van der Waals surface area contributed by atoms with E-state index < -0.39 is 5.60 Å². The van der Waals surface area contributed by atoms with Crippen LogP contribution in [0, 0.1) is 5.82 Å². The molecule has 8 aromatic carbocycles. The van der Waals surface area contributed by atoms with Crippen LogP contribution in [0.3, 0.4) is 0 Å². The Kier molecular flexibility index (Phi) is 8.53. The van der Waals surface area contributed by atoms with E-state index in [-0.39, 0.29) is 5.82 Å². The third-order valence-electron chi connectivity index (χ3n) is 10.6. The van der Waals surface area contributed by atoms with Crippen LogP contribution in [0.2, 0.25) is 0 Å².